The van der Waals surface area contributed by atoms with E-state index in [0.29, 0.717) is 24.0 Å². The first kappa shape index (κ1) is 15.9. The second-order valence-electron chi connectivity index (χ2n) is 5.93. The van der Waals surface area contributed by atoms with E-state index >= 15 is 0 Å². The number of hydrogen-bond donors (Lipinski definition) is 1. The Hall–Kier alpha value is -0.0800. The molecule has 0 fully saturated rings. The maximum atomic E-state index is 3.52. The molecule has 0 bridgehead atoms. The van der Waals surface area contributed by atoms with Gasteiger partial charge in [0.05, 0.1) is 0 Å². The van der Waals surface area contributed by atoms with Gasteiger partial charge in [-0.05, 0) is 39.3 Å². The molecule has 0 aliphatic heterocycles. The van der Waals surface area contributed by atoms with Gasteiger partial charge < -0.3 is 10.2 Å². The quantitative estimate of drug-likeness (QED) is 0.720. The molecule has 0 aromatic carbocycles. The minimum absolute atomic E-state index is 0.586. The van der Waals surface area contributed by atoms with Gasteiger partial charge in [-0.1, -0.05) is 34.6 Å². The zero-order chi connectivity index (χ0) is 12.9. The summed E-state index contributed by atoms with van der Waals surface area (Å²) in [5, 5.41) is 3.52. The zero-order valence-electron chi connectivity index (χ0n) is 12.5. The van der Waals surface area contributed by atoms with Crippen molar-refractivity contribution in [3.8, 4) is 0 Å². The molecule has 16 heavy (non-hydrogen) atoms. The Kier molecular flexibility index (Phi) is 7.25. The van der Waals surface area contributed by atoms with E-state index in [1.54, 1.807) is 0 Å². The standard InChI is InChI=1S/C14H32N2/c1-10(2)13(6)16(8)14(7)12(5)9-15-11(3)4/h10-15H,9H2,1-8H3. The van der Waals surface area contributed by atoms with Crippen LogP contribution in [0.1, 0.15) is 48.5 Å². The molecule has 3 atom stereocenters. The van der Waals surface area contributed by atoms with Crippen LogP contribution < -0.4 is 5.32 Å². The normalized spacial score (nSPS) is 18.2. The number of nitrogens with one attached hydrogen (secondary N) is 1. The average Bonchev–Trinajstić information content (AvgIpc) is 2.22. The third-order valence-electron chi connectivity index (χ3n) is 3.92. The summed E-state index contributed by atoms with van der Waals surface area (Å²) in [5.74, 6) is 1.41. The minimum atomic E-state index is 0.586. The van der Waals surface area contributed by atoms with Crippen LogP contribution >= 0.6 is 0 Å². The first-order chi connectivity index (χ1) is 7.27. The highest BCUT2D eigenvalue weighted by Gasteiger charge is 2.22. The lowest BCUT2D eigenvalue weighted by Crippen LogP contribution is -2.45. The zero-order valence-corrected chi connectivity index (χ0v) is 12.5. The Morgan fingerprint density at radius 1 is 0.875 bits per heavy atom. The predicted octanol–water partition coefficient (Wildman–Crippen LogP) is 2.99. The SMILES string of the molecule is CC(C)NCC(C)C(C)N(C)C(C)C(C)C. The Morgan fingerprint density at radius 2 is 1.38 bits per heavy atom. The van der Waals surface area contributed by atoms with Crippen LogP contribution in [-0.2, 0) is 0 Å². The van der Waals surface area contributed by atoms with E-state index in [4.69, 9.17) is 0 Å². The molecule has 0 aromatic heterocycles. The van der Waals surface area contributed by atoms with Crippen LogP contribution in [0.3, 0.4) is 0 Å². The molecule has 98 valence electrons. The van der Waals surface area contributed by atoms with Gasteiger partial charge in [0.1, 0.15) is 0 Å². The smallest absolute Gasteiger partial charge is 0.0104 e. The summed E-state index contributed by atoms with van der Waals surface area (Å²) < 4.78 is 0. The number of rotatable bonds is 7. The number of hydrogen-bond acceptors (Lipinski definition) is 2. The number of nitrogens with zero attached hydrogens (tertiary/aromatic N) is 1. The minimum Gasteiger partial charge on any atom is -0.314 e. The highest BCUT2D eigenvalue weighted by atomic mass is 15.2. The van der Waals surface area contributed by atoms with Crippen molar-refractivity contribution in [1.29, 1.82) is 0 Å². The molecule has 0 spiro atoms. The van der Waals surface area contributed by atoms with Crippen LogP contribution in [-0.4, -0.2) is 36.6 Å². The molecule has 0 saturated carbocycles. The van der Waals surface area contributed by atoms with Crippen LogP contribution in [0.5, 0.6) is 0 Å². The third-order valence-corrected chi connectivity index (χ3v) is 3.92. The van der Waals surface area contributed by atoms with Gasteiger partial charge in [0.15, 0.2) is 0 Å². The maximum absolute atomic E-state index is 3.52. The van der Waals surface area contributed by atoms with Gasteiger partial charge in [-0.2, -0.15) is 0 Å². The topological polar surface area (TPSA) is 15.3 Å². The van der Waals surface area contributed by atoms with Gasteiger partial charge in [0.25, 0.3) is 0 Å². The van der Waals surface area contributed by atoms with Gasteiger partial charge in [-0.3, -0.25) is 0 Å². The predicted molar refractivity (Wildman–Crippen MR) is 73.8 cm³/mol. The average molecular weight is 228 g/mol. The third kappa shape index (κ3) is 5.31. The van der Waals surface area contributed by atoms with E-state index in [1.165, 1.54) is 0 Å². The summed E-state index contributed by atoms with van der Waals surface area (Å²) in [7, 11) is 2.25. The molecule has 0 rings (SSSR count). The van der Waals surface area contributed by atoms with Crippen LogP contribution in [0.2, 0.25) is 0 Å². The largest absolute Gasteiger partial charge is 0.314 e. The first-order valence-corrected chi connectivity index (χ1v) is 6.72. The van der Waals surface area contributed by atoms with E-state index in [1.807, 2.05) is 0 Å². The van der Waals surface area contributed by atoms with Gasteiger partial charge in [0.2, 0.25) is 0 Å². The van der Waals surface area contributed by atoms with Crippen molar-refractivity contribution >= 4 is 0 Å². The molecule has 1 N–H and O–H groups in total. The summed E-state index contributed by atoms with van der Waals surface area (Å²) in [5.41, 5.74) is 0. The molecule has 2 nitrogen and oxygen atoms in total. The fraction of sp³-hybridized carbons (Fsp3) is 1.00. The lowest BCUT2D eigenvalue weighted by Gasteiger charge is -2.36. The van der Waals surface area contributed by atoms with Crippen LogP contribution in [0.4, 0.5) is 0 Å². The van der Waals surface area contributed by atoms with Crippen LogP contribution in [0.15, 0.2) is 0 Å². The Labute approximate surface area is 103 Å². The maximum Gasteiger partial charge on any atom is 0.0104 e. The fourth-order valence-corrected chi connectivity index (χ4v) is 1.83. The van der Waals surface area contributed by atoms with Crippen molar-refractivity contribution in [3.05, 3.63) is 0 Å². The summed E-state index contributed by atoms with van der Waals surface area (Å²) in [6.07, 6.45) is 0. The molecular weight excluding hydrogens is 196 g/mol. The molecule has 0 saturated heterocycles. The Morgan fingerprint density at radius 3 is 1.75 bits per heavy atom. The second-order valence-corrected chi connectivity index (χ2v) is 5.93. The highest BCUT2D eigenvalue weighted by molar-refractivity contribution is 4.78. The fourth-order valence-electron chi connectivity index (χ4n) is 1.83. The lowest BCUT2D eigenvalue weighted by atomic mass is 9.97. The molecule has 0 radical (unpaired) electrons. The molecule has 0 amide bonds. The van der Waals surface area contributed by atoms with Crippen molar-refractivity contribution in [2.45, 2.75) is 66.6 Å². The van der Waals surface area contributed by atoms with Crippen LogP contribution in [0.25, 0.3) is 0 Å². The van der Waals surface area contributed by atoms with E-state index in [-0.39, 0.29) is 0 Å². The summed E-state index contributed by atoms with van der Waals surface area (Å²) >= 11 is 0. The van der Waals surface area contributed by atoms with E-state index in [0.717, 1.165) is 12.5 Å². The molecule has 0 aliphatic carbocycles. The van der Waals surface area contributed by atoms with Gasteiger partial charge >= 0.3 is 0 Å². The molecule has 0 heterocycles. The Bertz CT molecular complexity index is 178. The molecule has 0 aromatic rings. The van der Waals surface area contributed by atoms with Crippen LogP contribution in [0, 0.1) is 11.8 Å². The molecule has 0 aliphatic rings. The summed E-state index contributed by atoms with van der Waals surface area (Å²) in [4.78, 5) is 2.51. The van der Waals surface area contributed by atoms with Crippen molar-refractivity contribution in [2.75, 3.05) is 13.6 Å². The van der Waals surface area contributed by atoms with Gasteiger partial charge in [0, 0.05) is 18.1 Å². The Balaban J connectivity index is 4.15. The van der Waals surface area contributed by atoms with Crippen molar-refractivity contribution in [2.24, 2.45) is 11.8 Å². The summed E-state index contributed by atoms with van der Waals surface area (Å²) in [6.45, 7) is 17.1. The highest BCUT2D eigenvalue weighted by Crippen LogP contribution is 2.16. The molecule has 3 unspecified atom stereocenters. The van der Waals surface area contributed by atoms with Crippen molar-refractivity contribution in [1.82, 2.24) is 10.2 Å². The monoisotopic (exact) mass is 228 g/mol. The van der Waals surface area contributed by atoms with E-state index in [2.05, 4.69) is 65.7 Å². The van der Waals surface area contributed by atoms with E-state index in [9.17, 15) is 0 Å². The second kappa shape index (κ2) is 7.29. The summed E-state index contributed by atoms with van der Waals surface area (Å²) in [6, 6.07) is 1.86. The van der Waals surface area contributed by atoms with E-state index < -0.39 is 0 Å². The van der Waals surface area contributed by atoms with Gasteiger partial charge in [-0.25, -0.2) is 0 Å². The molecule has 2 heteroatoms. The lowest BCUT2D eigenvalue weighted by molar-refractivity contribution is 0.120. The first-order valence-electron chi connectivity index (χ1n) is 6.72. The van der Waals surface area contributed by atoms with Gasteiger partial charge in [-0.15, -0.1) is 0 Å². The van der Waals surface area contributed by atoms with Crippen molar-refractivity contribution in [3.63, 3.8) is 0 Å². The van der Waals surface area contributed by atoms with Crippen molar-refractivity contribution < 1.29 is 0 Å². The molecular formula is C14H32N2.